The van der Waals surface area contributed by atoms with Crippen LogP contribution in [0.5, 0.6) is 0 Å². The monoisotopic (exact) mass is 368 g/mol. The van der Waals surface area contributed by atoms with Crippen molar-refractivity contribution < 1.29 is 17.9 Å². The summed E-state index contributed by atoms with van der Waals surface area (Å²) in [4.78, 5) is 13.6. The number of halogens is 1. The summed E-state index contributed by atoms with van der Waals surface area (Å²) in [6.07, 6.45) is 10.4. The lowest BCUT2D eigenvalue weighted by molar-refractivity contribution is 0.0796. The molecule has 1 rings (SSSR count). The zero-order valence-corrected chi connectivity index (χ0v) is 14.7. The Hall–Kier alpha value is -2.03. The fourth-order valence-corrected chi connectivity index (χ4v) is 3.02. The van der Waals surface area contributed by atoms with Gasteiger partial charge in [-0.15, -0.1) is 12.8 Å². The van der Waals surface area contributed by atoms with Crippen LogP contribution >= 0.6 is 11.6 Å². The Morgan fingerprint density at radius 3 is 2.50 bits per heavy atom. The van der Waals surface area contributed by atoms with E-state index in [4.69, 9.17) is 29.2 Å². The van der Waals surface area contributed by atoms with Crippen LogP contribution in [0.2, 0.25) is 5.02 Å². The summed E-state index contributed by atoms with van der Waals surface area (Å²) < 4.78 is 31.6. The minimum absolute atomic E-state index is 0.0109. The van der Waals surface area contributed by atoms with Crippen LogP contribution in [0.1, 0.15) is 10.4 Å². The zero-order valence-electron chi connectivity index (χ0n) is 13.1. The molecule has 0 aliphatic carbocycles. The summed E-state index contributed by atoms with van der Waals surface area (Å²) in [6.45, 7) is 0.298. The van der Waals surface area contributed by atoms with E-state index in [0.29, 0.717) is 0 Å². The summed E-state index contributed by atoms with van der Waals surface area (Å²) in [5.41, 5.74) is 0.0109. The highest BCUT2D eigenvalue weighted by atomic mass is 35.5. The van der Waals surface area contributed by atoms with E-state index >= 15 is 0 Å². The van der Waals surface area contributed by atoms with Crippen LogP contribution < -0.4 is 4.72 Å². The van der Waals surface area contributed by atoms with E-state index in [-0.39, 0.29) is 41.7 Å². The Kier molecular flexibility index (Phi) is 7.76. The largest absolute Gasteiger partial charge is 0.383 e. The van der Waals surface area contributed by atoms with Gasteiger partial charge in [0.1, 0.15) is 0 Å². The van der Waals surface area contributed by atoms with Crippen LogP contribution in [-0.2, 0) is 14.8 Å². The third-order valence-electron chi connectivity index (χ3n) is 2.93. The van der Waals surface area contributed by atoms with Gasteiger partial charge in [-0.3, -0.25) is 4.79 Å². The summed E-state index contributed by atoms with van der Waals surface area (Å²) in [5, 5.41) is 0.106. The average molecular weight is 369 g/mol. The van der Waals surface area contributed by atoms with Crippen LogP contribution in [0.3, 0.4) is 0 Å². The molecule has 0 saturated carbocycles. The quantitative estimate of drug-likeness (QED) is 0.548. The highest BCUT2D eigenvalue weighted by molar-refractivity contribution is 7.89. The maximum Gasteiger partial charge on any atom is 0.256 e. The van der Waals surface area contributed by atoms with E-state index in [1.54, 1.807) is 0 Å². The summed E-state index contributed by atoms with van der Waals surface area (Å²) in [7, 11) is -2.34. The first-order valence-corrected chi connectivity index (χ1v) is 8.67. The predicted octanol–water partition coefficient (Wildman–Crippen LogP) is 0.973. The molecular weight excluding hydrogens is 352 g/mol. The first kappa shape index (κ1) is 20.0. The number of carbonyl (C=O) groups excluding carboxylic acids is 1. The van der Waals surface area contributed by atoms with E-state index in [1.165, 1.54) is 30.2 Å². The molecule has 0 bridgehead atoms. The summed E-state index contributed by atoms with van der Waals surface area (Å²) in [6, 6.07) is 3.84. The molecule has 0 aliphatic heterocycles. The molecule has 0 unspecified atom stereocenters. The van der Waals surface area contributed by atoms with Crippen LogP contribution in [0.4, 0.5) is 0 Å². The first-order valence-electron chi connectivity index (χ1n) is 6.81. The molecule has 24 heavy (non-hydrogen) atoms. The predicted molar refractivity (Wildman–Crippen MR) is 92.1 cm³/mol. The minimum Gasteiger partial charge on any atom is -0.383 e. The Balaban J connectivity index is 3.16. The summed E-state index contributed by atoms with van der Waals surface area (Å²) in [5.74, 6) is 4.11. The Labute approximate surface area is 147 Å². The number of nitrogens with one attached hydrogen (secondary N) is 1. The van der Waals surface area contributed by atoms with Gasteiger partial charge in [-0.25, -0.2) is 13.1 Å². The fraction of sp³-hybridized carbons (Fsp3) is 0.312. The molecule has 0 aliphatic rings. The van der Waals surface area contributed by atoms with E-state index in [1.807, 2.05) is 0 Å². The molecule has 0 radical (unpaired) electrons. The van der Waals surface area contributed by atoms with E-state index < -0.39 is 15.9 Å². The summed E-state index contributed by atoms with van der Waals surface area (Å²) >= 11 is 6.03. The Bertz CT molecular complexity index is 762. The second kappa shape index (κ2) is 9.31. The lowest BCUT2D eigenvalue weighted by Gasteiger charge is -2.18. The normalized spacial score (nSPS) is 10.7. The number of hydrogen-bond acceptors (Lipinski definition) is 4. The number of nitrogens with zero attached hydrogens (tertiary/aromatic N) is 1. The third kappa shape index (κ3) is 5.26. The molecule has 1 N–H and O–H groups in total. The molecule has 128 valence electrons. The Morgan fingerprint density at radius 1 is 1.33 bits per heavy atom. The van der Waals surface area contributed by atoms with E-state index in [0.717, 1.165) is 0 Å². The number of benzene rings is 1. The van der Waals surface area contributed by atoms with Gasteiger partial charge in [-0.1, -0.05) is 23.4 Å². The van der Waals surface area contributed by atoms with Crippen LogP contribution in [-0.4, -0.2) is 52.6 Å². The molecule has 6 nitrogen and oxygen atoms in total. The number of amides is 1. The van der Waals surface area contributed by atoms with Gasteiger partial charge in [0.2, 0.25) is 10.0 Å². The lowest BCUT2D eigenvalue weighted by atomic mass is 10.2. The standard InChI is InChI=1S/C16H17ClN2O4S/c1-4-9-19(10-5-2)16(20)14-12-13(6-7-15(14)17)24(21,22)18-8-11-23-3/h1-2,6-7,12,18H,8-11H2,3H3. The number of sulfonamides is 1. The average Bonchev–Trinajstić information content (AvgIpc) is 2.54. The van der Waals surface area contributed by atoms with Gasteiger partial charge in [-0.2, -0.15) is 0 Å². The number of methoxy groups -OCH3 is 1. The maximum atomic E-state index is 12.5. The van der Waals surface area contributed by atoms with Crippen molar-refractivity contribution in [3.63, 3.8) is 0 Å². The van der Waals surface area contributed by atoms with Crippen molar-refractivity contribution in [2.45, 2.75) is 4.90 Å². The number of terminal acetylenes is 2. The lowest BCUT2D eigenvalue weighted by Crippen LogP contribution is -2.32. The number of rotatable bonds is 8. The second-order valence-electron chi connectivity index (χ2n) is 4.60. The van der Waals surface area contributed by atoms with Crippen molar-refractivity contribution in [2.75, 3.05) is 33.4 Å². The fourth-order valence-electron chi connectivity index (χ4n) is 1.79. The van der Waals surface area contributed by atoms with Crippen LogP contribution in [0.25, 0.3) is 0 Å². The van der Waals surface area contributed by atoms with Gasteiger partial charge >= 0.3 is 0 Å². The molecule has 1 amide bonds. The molecule has 0 saturated heterocycles. The number of hydrogen-bond donors (Lipinski definition) is 1. The van der Waals surface area contributed by atoms with Gasteiger partial charge in [0, 0.05) is 13.7 Å². The number of carbonyl (C=O) groups is 1. The van der Waals surface area contributed by atoms with Crippen LogP contribution in [0.15, 0.2) is 23.1 Å². The van der Waals surface area contributed by atoms with E-state index in [9.17, 15) is 13.2 Å². The van der Waals surface area contributed by atoms with Gasteiger partial charge in [0.15, 0.2) is 0 Å². The zero-order chi connectivity index (χ0) is 18.2. The molecule has 0 spiro atoms. The molecule has 0 fully saturated rings. The molecular formula is C16H17ClN2O4S. The van der Waals surface area contributed by atoms with Crippen molar-refractivity contribution in [1.29, 1.82) is 0 Å². The third-order valence-corrected chi connectivity index (χ3v) is 4.72. The van der Waals surface area contributed by atoms with Gasteiger partial charge in [-0.05, 0) is 18.2 Å². The highest BCUT2D eigenvalue weighted by Crippen LogP contribution is 2.22. The SMILES string of the molecule is C#CCN(CC#C)C(=O)c1cc(S(=O)(=O)NCCOC)ccc1Cl. The minimum atomic E-state index is -3.80. The molecule has 0 atom stereocenters. The molecule has 0 aromatic heterocycles. The topological polar surface area (TPSA) is 75.7 Å². The molecule has 0 heterocycles. The second-order valence-corrected chi connectivity index (χ2v) is 6.78. The number of ether oxygens (including phenoxy) is 1. The van der Waals surface area contributed by atoms with E-state index in [2.05, 4.69) is 16.6 Å². The maximum absolute atomic E-state index is 12.5. The van der Waals surface area contributed by atoms with Crippen molar-refractivity contribution >= 4 is 27.5 Å². The van der Waals surface area contributed by atoms with Crippen molar-refractivity contribution in [3.8, 4) is 24.7 Å². The highest BCUT2D eigenvalue weighted by Gasteiger charge is 2.21. The Morgan fingerprint density at radius 2 is 1.96 bits per heavy atom. The van der Waals surface area contributed by atoms with Crippen LogP contribution in [0, 0.1) is 24.7 Å². The van der Waals surface area contributed by atoms with Gasteiger partial charge in [0.05, 0.1) is 35.2 Å². The molecule has 1 aromatic carbocycles. The van der Waals surface area contributed by atoms with Crippen molar-refractivity contribution in [1.82, 2.24) is 9.62 Å². The molecule has 8 heteroatoms. The van der Waals surface area contributed by atoms with Crippen molar-refractivity contribution in [3.05, 3.63) is 28.8 Å². The molecule has 1 aromatic rings. The van der Waals surface area contributed by atoms with Crippen molar-refractivity contribution in [2.24, 2.45) is 0 Å². The van der Waals surface area contributed by atoms with Gasteiger partial charge < -0.3 is 9.64 Å². The van der Waals surface area contributed by atoms with Gasteiger partial charge in [0.25, 0.3) is 5.91 Å². The first-order chi connectivity index (χ1) is 11.4. The smallest absolute Gasteiger partial charge is 0.256 e.